The van der Waals surface area contributed by atoms with Gasteiger partial charge >= 0.3 is 0 Å². The average Bonchev–Trinajstić information content (AvgIpc) is 2.95. The van der Waals surface area contributed by atoms with Crippen LogP contribution >= 0.6 is 28.1 Å². The highest BCUT2D eigenvalue weighted by Crippen LogP contribution is 2.55. The van der Waals surface area contributed by atoms with Crippen LogP contribution in [0.2, 0.25) is 0 Å². The lowest BCUT2D eigenvalue weighted by Crippen LogP contribution is -2.61. The third-order valence-electron chi connectivity index (χ3n) is 6.46. The number of nitrogens with zero attached hydrogens (tertiary/aromatic N) is 1. The number of hydrogen-bond donors (Lipinski definition) is 3. The normalized spacial score (nSPS) is 32.4. The van der Waals surface area contributed by atoms with Crippen molar-refractivity contribution in [3.8, 4) is 0 Å². The fourth-order valence-corrected chi connectivity index (χ4v) is 6.54. The van der Waals surface area contributed by atoms with Crippen LogP contribution in [-0.2, 0) is 0 Å². The van der Waals surface area contributed by atoms with Crippen LogP contribution in [-0.4, -0.2) is 21.8 Å². The summed E-state index contributed by atoms with van der Waals surface area (Å²) >= 11 is 9.07. The third kappa shape index (κ3) is 3.07. The highest BCUT2D eigenvalue weighted by atomic mass is 79.9. The number of benzene rings is 1. The zero-order valence-electron chi connectivity index (χ0n) is 14.6. The standard InChI is InChI=1S/C20H23BrN4S/c21-16-1-2-18-17(6-16)15(10-22-18)11-23-25-19(26)24-20-7-12-3-13(8-20)5-14(4-12)9-20/h1-2,6,10-14,22H,3-5,7-9H2,(H2,24,25,26)/b23-11+. The SMILES string of the molecule is S=C(N/N=C/c1c[nH]c2ccc(Br)cc12)NC12CC3CC(CC(C3)C1)C2. The molecule has 4 bridgehead atoms. The highest BCUT2D eigenvalue weighted by molar-refractivity contribution is 9.10. The van der Waals surface area contributed by atoms with Gasteiger partial charge in [0.05, 0.1) is 6.21 Å². The van der Waals surface area contributed by atoms with Crippen molar-refractivity contribution in [1.29, 1.82) is 0 Å². The molecule has 2 aromatic rings. The number of thiocarbonyl (C=S) groups is 1. The molecule has 3 N–H and O–H groups in total. The van der Waals surface area contributed by atoms with Gasteiger partial charge in [0.1, 0.15) is 0 Å². The molecule has 0 amide bonds. The molecule has 6 rings (SSSR count). The fraction of sp³-hybridized carbons (Fsp3) is 0.500. The molecule has 26 heavy (non-hydrogen) atoms. The number of halogens is 1. The Labute approximate surface area is 167 Å². The van der Waals surface area contributed by atoms with Crippen molar-refractivity contribution < 1.29 is 0 Å². The van der Waals surface area contributed by atoms with Gasteiger partial charge in [-0.25, -0.2) is 0 Å². The molecule has 4 saturated carbocycles. The fourth-order valence-electron chi connectivity index (χ4n) is 5.91. The van der Waals surface area contributed by atoms with E-state index in [1.807, 2.05) is 18.5 Å². The Hall–Kier alpha value is -1.40. The summed E-state index contributed by atoms with van der Waals surface area (Å²) in [6, 6.07) is 6.19. The lowest BCUT2D eigenvalue weighted by molar-refractivity contribution is -0.0101. The summed E-state index contributed by atoms with van der Waals surface area (Å²) in [6.45, 7) is 0. The van der Waals surface area contributed by atoms with Gasteiger partial charge in [0.2, 0.25) is 0 Å². The summed E-state index contributed by atoms with van der Waals surface area (Å²) in [7, 11) is 0. The maximum absolute atomic E-state index is 5.55. The lowest BCUT2D eigenvalue weighted by Gasteiger charge is -2.57. The molecule has 1 aromatic carbocycles. The average molecular weight is 431 g/mol. The Balaban J connectivity index is 1.25. The molecule has 0 unspecified atom stereocenters. The van der Waals surface area contributed by atoms with Crippen LogP contribution in [0.4, 0.5) is 0 Å². The van der Waals surface area contributed by atoms with Gasteiger partial charge in [0, 0.05) is 32.7 Å². The second-order valence-corrected chi connectivity index (χ2v) is 9.78. The van der Waals surface area contributed by atoms with Crippen LogP contribution in [0.1, 0.15) is 44.1 Å². The molecular weight excluding hydrogens is 408 g/mol. The first kappa shape index (κ1) is 16.8. The Morgan fingerprint density at radius 2 is 1.88 bits per heavy atom. The van der Waals surface area contributed by atoms with Crippen molar-refractivity contribution in [3.05, 3.63) is 34.4 Å². The summed E-state index contributed by atoms with van der Waals surface area (Å²) in [6.07, 6.45) is 12.0. The Kier molecular flexibility index (Phi) is 4.09. The molecular formula is C20H23BrN4S. The van der Waals surface area contributed by atoms with E-state index >= 15 is 0 Å². The molecule has 4 aliphatic carbocycles. The summed E-state index contributed by atoms with van der Waals surface area (Å²) in [5.41, 5.74) is 5.41. The van der Waals surface area contributed by atoms with Crippen molar-refractivity contribution in [1.82, 2.24) is 15.7 Å². The number of hydrogen-bond acceptors (Lipinski definition) is 2. The van der Waals surface area contributed by atoms with Crippen molar-refractivity contribution in [2.45, 2.75) is 44.1 Å². The number of fused-ring (bicyclic) bond motifs is 1. The minimum Gasteiger partial charge on any atom is -0.361 e. The van der Waals surface area contributed by atoms with Crippen LogP contribution in [0.15, 0.2) is 34.0 Å². The van der Waals surface area contributed by atoms with Gasteiger partial charge in [-0.15, -0.1) is 0 Å². The number of rotatable bonds is 3. The molecule has 0 atom stereocenters. The summed E-state index contributed by atoms with van der Waals surface area (Å²) < 4.78 is 1.06. The lowest BCUT2D eigenvalue weighted by atomic mass is 9.53. The van der Waals surface area contributed by atoms with E-state index in [2.05, 4.69) is 48.9 Å². The smallest absolute Gasteiger partial charge is 0.187 e. The van der Waals surface area contributed by atoms with E-state index < -0.39 is 0 Å². The number of aromatic amines is 1. The molecule has 0 saturated heterocycles. The maximum Gasteiger partial charge on any atom is 0.187 e. The van der Waals surface area contributed by atoms with Crippen LogP contribution < -0.4 is 10.7 Å². The molecule has 6 heteroatoms. The molecule has 0 aliphatic heterocycles. The van der Waals surface area contributed by atoms with Crippen molar-refractivity contribution in [3.63, 3.8) is 0 Å². The highest BCUT2D eigenvalue weighted by Gasteiger charge is 2.51. The van der Waals surface area contributed by atoms with E-state index in [1.54, 1.807) is 0 Å². The predicted molar refractivity (Wildman–Crippen MR) is 113 cm³/mol. The largest absolute Gasteiger partial charge is 0.361 e. The minimum atomic E-state index is 0.222. The number of hydrazone groups is 1. The molecule has 136 valence electrons. The second-order valence-electron chi connectivity index (χ2n) is 8.46. The number of aromatic nitrogens is 1. The van der Waals surface area contributed by atoms with E-state index in [1.165, 1.54) is 38.5 Å². The van der Waals surface area contributed by atoms with Crippen molar-refractivity contribution in [2.75, 3.05) is 0 Å². The van der Waals surface area contributed by atoms with Gasteiger partial charge in [-0.1, -0.05) is 15.9 Å². The molecule has 4 nitrogen and oxygen atoms in total. The van der Waals surface area contributed by atoms with E-state index in [-0.39, 0.29) is 5.54 Å². The Morgan fingerprint density at radius 1 is 1.19 bits per heavy atom. The number of nitrogens with one attached hydrogen (secondary N) is 3. The Bertz CT molecular complexity index is 852. The van der Waals surface area contributed by atoms with Crippen LogP contribution in [0.5, 0.6) is 0 Å². The minimum absolute atomic E-state index is 0.222. The topological polar surface area (TPSA) is 52.2 Å². The van der Waals surface area contributed by atoms with Crippen LogP contribution in [0.25, 0.3) is 10.9 Å². The van der Waals surface area contributed by atoms with Gasteiger partial charge in [0.15, 0.2) is 5.11 Å². The first-order chi connectivity index (χ1) is 12.6. The quantitative estimate of drug-likeness (QED) is 0.375. The second kappa shape index (κ2) is 6.34. The monoisotopic (exact) mass is 430 g/mol. The predicted octanol–water partition coefficient (Wildman–Crippen LogP) is 4.70. The maximum atomic E-state index is 5.55. The molecule has 1 heterocycles. The van der Waals surface area contributed by atoms with Gasteiger partial charge in [-0.2, -0.15) is 5.10 Å². The summed E-state index contributed by atoms with van der Waals surface area (Å²) in [5.74, 6) is 2.72. The Morgan fingerprint density at radius 3 is 2.58 bits per heavy atom. The van der Waals surface area contributed by atoms with E-state index in [9.17, 15) is 0 Å². The molecule has 1 aromatic heterocycles. The molecule has 4 fully saturated rings. The number of H-pyrrole nitrogens is 1. The molecule has 0 spiro atoms. The van der Waals surface area contributed by atoms with Gasteiger partial charge in [0.25, 0.3) is 0 Å². The summed E-state index contributed by atoms with van der Waals surface area (Å²) in [5, 5.41) is 9.82. The van der Waals surface area contributed by atoms with Crippen LogP contribution in [0.3, 0.4) is 0 Å². The van der Waals surface area contributed by atoms with Gasteiger partial charge in [-0.05, 0) is 86.7 Å². The van der Waals surface area contributed by atoms with Crippen molar-refractivity contribution >= 4 is 50.4 Å². The van der Waals surface area contributed by atoms with E-state index in [4.69, 9.17) is 12.2 Å². The first-order valence-electron chi connectivity index (χ1n) is 9.46. The zero-order valence-corrected chi connectivity index (χ0v) is 17.0. The van der Waals surface area contributed by atoms with Crippen molar-refractivity contribution in [2.24, 2.45) is 22.9 Å². The van der Waals surface area contributed by atoms with E-state index in [0.29, 0.717) is 5.11 Å². The zero-order chi connectivity index (χ0) is 17.7. The first-order valence-corrected chi connectivity index (χ1v) is 10.7. The molecule has 0 radical (unpaired) electrons. The summed E-state index contributed by atoms with van der Waals surface area (Å²) in [4.78, 5) is 3.27. The van der Waals surface area contributed by atoms with E-state index in [0.717, 1.165) is 38.7 Å². The third-order valence-corrected chi connectivity index (χ3v) is 7.15. The molecule has 4 aliphatic rings. The van der Waals surface area contributed by atoms with Crippen LogP contribution in [0, 0.1) is 17.8 Å². The van der Waals surface area contributed by atoms with Gasteiger partial charge < -0.3 is 10.3 Å². The van der Waals surface area contributed by atoms with Gasteiger partial charge in [-0.3, -0.25) is 5.43 Å².